The van der Waals surface area contributed by atoms with Crippen molar-refractivity contribution < 1.29 is 23.9 Å². The number of aryl methyl sites for hydroxylation is 1. The second-order valence-corrected chi connectivity index (χ2v) is 8.47. The van der Waals surface area contributed by atoms with Crippen molar-refractivity contribution in [1.29, 1.82) is 0 Å². The Hall–Kier alpha value is -3.27. The summed E-state index contributed by atoms with van der Waals surface area (Å²) in [7, 11) is 1.24. The molecular weight excluding hydrogens is 420 g/mol. The lowest BCUT2D eigenvalue weighted by Gasteiger charge is -2.25. The lowest BCUT2D eigenvalue weighted by molar-refractivity contribution is -0.134. The Balaban J connectivity index is 1.84. The Bertz CT molecular complexity index is 1020. The Kier molecular flexibility index (Phi) is 6.69. The third-order valence-corrected chi connectivity index (χ3v) is 5.67. The number of thiazole rings is 1. The average Bonchev–Trinajstić information content (AvgIpc) is 3.30. The van der Waals surface area contributed by atoms with Crippen LogP contribution in [0.3, 0.4) is 0 Å². The lowest BCUT2D eigenvalue weighted by atomic mass is 9.99. The summed E-state index contributed by atoms with van der Waals surface area (Å²) in [4.78, 5) is 55.6. The van der Waals surface area contributed by atoms with Crippen molar-refractivity contribution >= 4 is 40.3 Å². The van der Waals surface area contributed by atoms with E-state index in [4.69, 9.17) is 0 Å². The van der Waals surface area contributed by atoms with Gasteiger partial charge in [-0.05, 0) is 30.4 Å². The summed E-state index contributed by atoms with van der Waals surface area (Å²) in [5.74, 6) is -1.61. The van der Waals surface area contributed by atoms with Crippen molar-refractivity contribution in [3.05, 3.63) is 46.5 Å². The van der Waals surface area contributed by atoms with Gasteiger partial charge < -0.3 is 15.4 Å². The van der Waals surface area contributed by atoms with E-state index in [9.17, 15) is 19.2 Å². The van der Waals surface area contributed by atoms with Crippen molar-refractivity contribution in [2.24, 2.45) is 5.92 Å². The molecule has 3 rings (SSSR count). The molecule has 4 amide bonds. The van der Waals surface area contributed by atoms with Gasteiger partial charge in [0.25, 0.3) is 5.91 Å². The van der Waals surface area contributed by atoms with E-state index in [2.05, 4.69) is 20.4 Å². The minimum atomic E-state index is -1.02. The maximum Gasteiger partial charge on any atom is 0.357 e. The molecule has 0 saturated carbocycles. The van der Waals surface area contributed by atoms with Crippen LogP contribution in [0, 0.1) is 12.8 Å². The molecule has 2 aromatic rings. The predicted molar refractivity (Wildman–Crippen MR) is 115 cm³/mol. The smallest absolute Gasteiger partial charge is 0.357 e. The summed E-state index contributed by atoms with van der Waals surface area (Å²) in [6, 6.07) is 4.80. The number of carbonyl (C=O) groups is 4. The number of urea groups is 1. The van der Waals surface area contributed by atoms with Crippen LogP contribution < -0.4 is 10.6 Å². The first-order valence-corrected chi connectivity index (χ1v) is 10.6. The number of nitrogens with zero attached hydrogens (tertiary/aromatic N) is 2. The molecule has 1 aliphatic rings. The summed E-state index contributed by atoms with van der Waals surface area (Å²) in [5, 5.41) is 6.95. The number of methoxy groups -OCH3 is 1. The molecule has 1 unspecified atom stereocenters. The lowest BCUT2D eigenvalue weighted by Crippen LogP contribution is -2.48. The summed E-state index contributed by atoms with van der Waals surface area (Å²) in [6.07, 6.45) is 0.278. The minimum Gasteiger partial charge on any atom is -0.464 e. The second kappa shape index (κ2) is 9.25. The van der Waals surface area contributed by atoms with Crippen LogP contribution in [0.15, 0.2) is 29.6 Å². The van der Waals surface area contributed by atoms with E-state index in [0.717, 1.165) is 21.8 Å². The summed E-state index contributed by atoms with van der Waals surface area (Å²) in [6.45, 7) is 5.66. The van der Waals surface area contributed by atoms with Gasteiger partial charge in [-0.3, -0.25) is 9.59 Å². The van der Waals surface area contributed by atoms with Gasteiger partial charge in [0, 0.05) is 5.38 Å². The van der Waals surface area contributed by atoms with Crippen molar-refractivity contribution in [2.75, 3.05) is 12.4 Å². The predicted octanol–water partition coefficient (Wildman–Crippen LogP) is 2.88. The number of nitrogens with one attached hydrogen (secondary N) is 2. The fourth-order valence-corrected chi connectivity index (χ4v) is 4.09. The first-order valence-electron chi connectivity index (χ1n) is 9.76. The van der Waals surface area contributed by atoms with Gasteiger partial charge in [-0.25, -0.2) is 19.5 Å². The number of imide groups is 1. The minimum absolute atomic E-state index is 0.0378. The van der Waals surface area contributed by atoms with Crippen LogP contribution in [0.25, 0.3) is 0 Å². The number of hydrogen-bond donors (Lipinski definition) is 2. The third kappa shape index (κ3) is 4.74. The fraction of sp³-hybridized carbons (Fsp3) is 0.381. The summed E-state index contributed by atoms with van der Waals surface area (Å²) in [5.41, 5.74) is 1.62. The number of esters is 1. The number of carbonyl (C=O) groups excluding carboxylic acids is 4. The molecule has 2 heterocycles. The van der Waals surface area contributed by atoms with Gasteiger partial charge in [0.2, 0.25) is 5.91 Å². The number of amides is 4. The normalized spacial score (nSPS) is 16.9. The maximum atomic E-state index is 13.2. The standard InChI is InChI=1S/C21H24N4O5S/c1-11(2)9-15(17(26)24-20-22-14(10-31-20)19(28)30-4)25-18(27)16(23-21(25)29)13-8-6-5-7-12(13)3/h5-8,10-11,15-16H,9H2,1-4H3,(H,23,29)(H,22,24,26)/t15-,16?/m0/s1. The molecule has 2 N–H and O–H groups in total. The average molecular weight is 445 g/mol. The highest BCUT2D eigenvalue weighted by atomic mass is 32.1. The van der Waals surface area contributed by atoms with Crippen LogP contribution in [-0.2, 0) is 14.3 Å². The molecule has 2 atom stereocenters. The van der Waals surface area contributed by atoms with E-state index < -0.39 is 35.9 Å². The SMILES string of the molecule is COC(=O)c1csc(NC(=O)[C@H](CC(C)C)N2C(=O)NC(c3ccccc3C)C2=O)n1. The Labute approximate surface area is 183 Å². The molecule has 10 heteroatoms. The maximum absolute atomic E-state index is 13.2. The molecule has 1 saturated heterocycles. The molecule has 9 nitrogen and oxygen atoms in total. The summed E-state index contributed by atoms with van der Waals surface area (Å²) >= 11 is 1.05. The largest absolute Gasteiger partial charge is 0.464 e. The molecule has 1 aliphatic heterocycles. The van der Waals surface area contributed by atoms with Crippen LogP contribution in [-0.4, -0.2) is 46.9 Å². The highest BCUT2D eigenvalue weighted by Gasteiger charge is 2.45. The molecular formula is C21H24N4O5S. The number of benzene rings is 1. The van der Waals surface area contributed by atoms with Gasteiger partial charge in [-0.15, -0.1) is 11.3 Å². The van der Waals surface area contributed by atoms with Crippen LogP contribution in [0.5, 0.6) is 0 Å². The molecule has 1 aromatic carbocycles. The highest BCUT2D eigenvalue weighted by Crippen LogP contribution is 2.28. The van der Waals surface area contributed by atoms with Crippen molar-refractivity contribution in [2.45, 2.75) is 39.3 Å². The van der Waals surface area contributed by atoms with E-state index in [1.807, 2.05) is 32.9 Å². The Morgan fingerprint density at radius 3 is 2.65 bits per heavy atom. The monoisotopic (exact) mass is 444 g/mol. The Morgan fingerprint density at radius 2 is 2.00 bits per heavy atom. The van der Waals surface area contributed by atoms with E-state index in [1.54, 1.807) is 12.1 Å². The van der Waals surface area contributed by atoms with Crippen LogP contribution in [0.1, 0.15) is 47.9 Å². The summed E-state index contributed by atoms with van der Waals surface area (Å²) < 4.78 is 4.61. The number of ether oxygens (including phenoxy) is 1. The molecule has 0 aliphatic carbocycles. The van der Waals surface area contributed by atoms with E-state index >= 15 is 0 Å². The van der Waals surface area contributed by atoms with Gasteiger partial charge in [-0.1, -0.05) is 38.1 Å². The Morgan fingerprint density at radius 1 is 1.29 bits per heavy atom. The molecule has 0 spiro atoms. The third-order valence-electron chi connectivity index (χ3n) is 4.91. The topological polar surface area (TPSA) is 118 Å². The van der Waals surface area contributed by atoms with Gasteiger partial charge in [0.05, 0.1) is 7.11 Å². The number of anilines is 1. The van der Waals surface area contributed by atoms with Crippen molar-refractivity contribution in [3.8, 4) is 0 Å². The molecule has 1 aromatic heterocycles. The molecule has 1 fully saturated rings. The van der Waals surface area contributed by atoms with Crippen LogP contribution in [0.4, 0.5) is 9.93 Å². The zero-order valence-corrected chi connectivity index (χ0v) is 18.5. The van der Waals surface area contributed by atoms with E-state index in [1.165, 1.54) is 12.5 Å². The van der Waals surface area contributed by atoms with Crippen molar-refractivity contribution in [1.82, 2.24) is 15.2 Å². The number of hydrogen-bond acceptors (Lipinski definition) is 7. The van der Waals surface area contributed by atoms with Crippen LogP contribution in [0.2, 0.25) is 0 Å². The van der Waals surface area contributed by atoms with Gasteiger partial charge in [0.1, 0.15) is 12.1 Å². The fourth-order valence-electron chi connectivity index (χ4n) is 3.40. The first-order chi connectivity index (χ1) is 14.7. The molecule has 0 radical (unpaired) electrons. The first kappa shape index (κ1) is 22.4. The quantitative estimate of drug-likeness (QED) is 0.501. The number of rotatable bonds is 7. The van der Waals surface area contributed by atoms with Gasteiger partial charge in [0.15, 0.2) is 10.8 Å². The number of aromatic nitrogens is 1. The zero-order chi connectivity index (χ0) is 22.7. The zero-order valence-electron chi connectivity index (χ0n) is 17.7. The van der Waals surface area contributed by atoms with E-state index in [-0.39, 0.29) is 23.2 Å². The van der Waals surface area contributed by atoms with Gasteiger partial charge in [-0.2, -0.15) is 0 Å². The van der Waals surface area contributed by atoms with Crippen molar-refractivity contribution in [3.63, 3.8) is 0 Å². The molecule has 31 heavy (non-hydrogen) atoms. The van der Waals surface area contributed by atoms with Crippen LogP contribution >= 0.6 is 11.3 Å². The molecule has 0 bridgehead atoms. The van der Waals surface area contributed by atoms with E-state index in [0.29, 0.717) is 5.56 Å². The highest BCUT2D eigenvalue weighted by molar-refractivity contribution is 7.14. The second-order valence-electron chi connectivity index (χ2n) is 7.61. The molecule has 164 valence electrons. The van der Waals surface area contributed by atoms with Gasteiger partial charge >= 0.3 is 12.0 Å².